The number of nitrogens with one attached hydrogen (secondary N) is 2. The van der Waals surface area contributed by atoms with E-state index < -0.39 is 10.0 Å². The summed E-state index contributed by atoms with van der Waals surface area (Å²) in [5.41, 5.74) is 0.899. The molecule has 1 aliphatic heterocycles. The molecule has 7 nitrogen and oxygen atoms in total. The van der Waals surface area contributed by atoms with E-state index in [0.717, 1.165) is 36.3 Å². The Morgan fingerprint density at radius 3 is 2.79 bits per heavy atom. The highest BCUT2D eigenvalue weighted by atomic mass is 32.2. The van der Waals surface area contributed by atoms with Gasteiger partial charge in [0.05, 0.1) is 11.4 Å². The maximum atomic E-state index is 12.1. The molecule has 1 saturated carbocycles. The number of thiazole rings is 1. The average Bonchev–Trinajstić information content (AvgIpc) is 2.96. The molecule has 24 heavy (non-hydrogen) atoms. The van der Waals surface area contributed by atoms with Gasteiger partial charge in [0.25, 0.3) is 0 Å². The molecule has 0 radical (unpaired) electrons. The zero-order chi connectivity index (χ0) is 17.2. The summed E-state index contributed by atoms with van der Waals surface area (Å²) in [6.45, 7) is 2.47. The summed E-state index contributed by atoms with van der Waals surface area (Å²) in [5, 5.41) is 6.35. The zero-order valence-corrected chi connectivity index (χ0v) is 15.5. The third kappa shape index (κ3) is 4.07. The van der Waals surface area contributed by atoms with Crippen LogP contribution in [0.25, 0.3) is 0 Å². The molecule has 1 aromatic rings. The number of carbonyl (C=O) groups is 1. The van der Waals surface area contributed by atoms with E-state index >= 15 is 0 Å². The van der Waals surface area contributed by atoms with E-state index in [1.807, 2.05) is 0 Å². The molecule has 134 valence electrons. The van der Waals surface area contributed by atoms with Crippen LogP contribution in [0.2, 0.25) is 0 Å². The van der Waals surface area contributed by atoms with Crippen molar-refractivity contribution in [3.63, 3.8) is 0 Å². The first-order valence-electron chi connectivity index (χ1n) is 8.52. The fraction of sp³-hybridized carbons (Fsp3) is 0.733. The lowest BCUT2D eigenvalue weighted by Crippen LogP contribution is -2.39. The lowest BCUT2D eigenvalue weighted by molar-refractivity contribution is 0.244. The van der Waals surface area contributed by atoms with Crippen LogP contribution in [0.5, 0.6) is 0 Å². The number of urea groups is 1. The maximum absolute atomic E-state index is 12.1. The van der Waals surface area contributed by atoms with Crippen molar-refractivity contribution in [2.75, 3.05) is 17.6 Å². The fourth-order valence-electron chi connectivity index (χ4n) is 3.21. The molecule has 2 N–H and O–H groups in total. The van der Waals surface area contributed by atoms with Crippen molar-refractivity contribution in [2.24, 2.45) is 0 Å². The van der Waals surface area contributed by atoms with Crippen LogP contribution in [-0.2, 0) is 23.0 Å². The number of rotatable bonds is 4. The highest BCUT2D eigenvalue weighted by molar-refractivity contribution is 7.89. The Hall–Kier alpha value is -1.19. The Labute approximate surface area is 146 Å². The van der Waals surface area contributed by atoms with Gasteiger partial charge in [0.15, 0.2) is 5.13 Å². The van der Waals surface area contributed by atoms with E-state index in [9.17, 15) is 13.2 Å². The van der Waals surface area contributed by atoms with Crippen molar-refractivity contribution < 1.29 is 13.2 Å². The first-order valence-corrected chi connectivity index (χ1v) is 10.9. The van der Waals surface area contributed by atoms with E-state index in [1.54, 1.807) is 6.92 Å². The van der Waals surface area contributed by atoms with E-state index in [4.69, 9.17) is 0 Å². The van der Waals surface area contributed by atoms with Gasteiger partial charge >= 0.3 is 6.03 Å². The molecule has 0 bridgehead atoms. The Morgan fingerprint density at radius 1 is 1.33 bits per heavy atom. The van der Waals surface area contributed by atoms with Crippen LogP contribution in [0.4, 0.5) is 9.93 Å². The first kappa shape index (κ1) is 17.6. The van der Waals surface area contributed by atoms with Crippen LogP contribution >= 0.6 is 11.3 Å². The second-order valence-corrected chi connectivity index (χ2v) is 9.65. The van der Waals surface area contributed by atoms with Crippen molar-refractivity contribution in [3.05, 3.63) is 10.6 Å². The van der Waals surface area contributed by atoms with Crippen LogP contribution < -0.4 is 10.6 Å². The normalized spacial score (nSPS) is 19.7. The van der Waals surface area contributed by atoms with Gasteiger partial charge in [-0.2, -0.15) is 4.31 Å². The largest absolute Gasteiger partial charge is 0.335 e. The molecule has 0 unspecified atom stereocenters. The van der Waals surface area contributed by atoms with Crippen LogP contribution in [0.3, 0.4) is 0 Å². The molecule has 3 rings (SSSR count). The number of fused-ring (bicyclic) bond motifs is 1. The predicted molar refractivity (Wildman–Crippen MR) is 94.7 cm³/mol. The second-order valence-electron chi connectivity index (χ2n) is 6.31. The van der Waals surface area contributed by atoms with Gasteiger partial charge in [-0.15, -0.1) is 0 Å². The van der Waals surface area contributed by atoms with Gasteiger partial charge in [0.1, 0.15) is 0 Å². The van der Waals surface area contributed by atoms with Crippen LogP contribution in [0, 0.1) is 0 Å². The topological polar surface area (TPSA) is 91.4 Å². The lowest BCUT2D eigenvalue weighted by atomic mass is 9.96. The maximum Gasteiger partial charge on any atom is 0.321 e. The Morgan fingerprint density at radius 2 is 2.08 bits per heavy atom. The molecule has 0 spiro atoms. The molecule has 0 aromatic carbocycles. The van der Waals surface area contributed by atoms with Crippen LogP contribution in [0.15, 0.2) is 0 Å². The van der Waals surface area contributed by atoms with E-state index in [-0.39, 0.29) is 17.8 Å². The van der Waals surface area contributed by atoms with E-state index in [1.165, 1.54) is 22.1 Å². The quantitative estimate of drug-likeness (QED) is 0.848. The minimum Gasteiger partial charge on any atom is -0.335 e. The minimum atomic E-state index is -3.18. The number of amides is 2. The second kappa shape index (κ2) is 7.37. The zero-order valence-electron chi connectivity index (χ0n) is 13.9. The number of hydrogen-bond donors (Lipinski definition) is 2. The summed E-state index contributed by atoms with van der Waals surface area (Å²) in [6, 6.07) is 0.0320. The number of nitrogens with zero attached hydrogens (tertiary/aromatic N) is 2. The van der Waals surface area contributed by atoms with Crippen molar-refractivity contribution >= 4 is 32.5 Å². The van der Waals surface area contributed by atoms with Crippen molar-refractivity contribution in [1.29, 1.82) is 0 Å². The van der Waals surface area contributed by atoms with Crippen molar-refractivity contribution in [1.82, 2.24) is 14.6 Å². The molecule has 0 saturated heterocycles. The minimum absolute atomic E-state index is 0.107. The first-order chi connectivity index (χ1) is 11.5. The highest BCUT2D eigenvalue weighted by Gasteiger charge is 2.28. The molecule has 1 aromatic heterocycles. The molecular formula is C15H24N4O3S2. The lowest BCUT2D eigenvalue weighted by Gasteiger charge is -2.24. The van der Waals surface area contributed by atoms with E-state index in [2.05, 4.69) is 15.6 Å². The number of aromatic nitrogens is 1. The highest BCUT2D eigenvalue weighted by Crippen LogP contribution is 2.29. The van der Waals surface area contributed by atoms with Gasteiger partial charge < -0.3 is 5.32 Å². The number of sulfonamides is 1. The molecule has 1 fully saturated rings. The fourth-order valence-corrected chi connectivity index (χ4v) is 5.37. The number of hydrogen-bond acceptors (Lipinski definition) is 5. The van der Waals surface area contributed by atoms with Crippen LogP contribution in [-0.4, -0.2) is 42.1 Å². The van der Waals surface area contributed by atoms with Gasteiger partial charge in [-0.1, -0.05) is 30.6 Å². The summed E-state index contributed by atoms with van der Waals surface area (Å²) >= 11 is 1.37. The van der Waals surface area contributed by atoms with Gasteiger partial charge in [0.2, 0.25) is 10.0 Å². The van der Waals surface area contributed by atoms with Gasteiger partial charge in [-0.3, -0.25) is 5.32 Å². The summed E-state index contributed by atoms with van der Waals surface area (Å²) < 4.78 is 25.5. The monoisotopic (exact) mass is 372 g/mol. The Bertz CT molecular complexity index is 696. The third-order valence-electron chi connectivity index (χ3n) is 4.62. The SMILES string of the molecule is CCS(=O)(=O)N1CCc2nc(NC(=O)NC3CCCCC3)sc2C1. The Balaban J connectivity index is 1.60. The predicted octanol–water partition coefficient (Wildman–Crippen LogP) is 2.31. The summed E-state index contributed by atoms with van der Waals surface area (Å²) in [4.78, 5) is 17.5. The van der Waals surface area contributed by atoms with Crippen molar-refractivity contribution in [2.45, 2.75) is 58.0 Å². The van der Waals surface area contributed by atoms with Crippen molar-refractivity contribution in [3.8, 4) is 0 Å². The van der Waals surface area contributed by atoms with E-state index in [0.29, 0.717) is 24.6 Å². The Kier molecular flexibility index (Phi) is 5.41. The standard InChI is InChI=1S/C15H24N4O3S2/c1-2-24(21,22)19-9-8-12-13(10-19)23-15(17-12)18-14(20)16-11-6-4-3-5-7-11/h11H,2-10H2,1H3,(H2,16,17,18,20). The average molecular weight is 373 g/mol. The number of carbonyl (C=O) groups excluding carboxylic acids is 1. The molecule has 0 atom stereocenters. The molecule has 2 aliphatic rings. The molecule has 2 amide bonds. The molecular weight excluding hydrogens is 348 g/mol. The smallest absolute Gasteiger partial charge is 0.321 e. The molecule has 9 heteroatoms. The third-order valence-corrected chi connectivity index (χ3v) is 7.44. The van der Waals surface area contributed by atoms with Gasteiger partial charge in [-0.25, -0.2) is 18.2 Å². The molecule has 2 heterocycles. The summed E-state index contributed by atoms with van der Waals surface area (Å²) in [7, 11) is -3.18. The number of anilines is 1. The van der Waals surface area contributed by atoms with Gasteiger partial charge in [-0.05, 0) is 19.8 Å². The van der Waals surface area contributed by atoms with Crippen LogP contribution in [0.1, 0.15) is 49.6 Å². The van der Waals surface area contributed by atoms with Gasteiger partial charge in [0, 0.05) is 30.4 Å². The molecule has 1 aliphatic carbocycles. The summed E-state index contributed by atoms with van der Waals surface area (Å²) in [6.07, 6.45) is 6.24. The summed E-state index contributed by atoms with van der Waals surface area (Å²) in [5.74, 6) is 0.107.